The molecule has 140 valence electrons. The third kappa shape index (κ3) is 3.50. The molecule has 0 radical (unpaired) electrons. The lowest BCUT2D eigenvalue weighted by molar-refractivity contribution is 0.0691. The molecule has 27 heavy (non-hydrogen) atoms. The van der Waals surface area contributed by atoms with Crippen LogP contribution in [0.25, 0.3) is 0 Å². The molecule has 8 nitrogen and oxygen atoms in total. The van der Waals surface area contributed by atoms with E-state index in [2.05, 4.69) is 19.4 Å². The summed E-state index contributed by atoms with van der Waals surface area (Å²) in [6.45, 7) is 0.316. The highest BCUT2D eigenvalue weighted by Crippen LogP contribution is 2.35. The van der Waals surface area contributed by atoms with Gasteiger partial charge in [-0.2, -0.15) is 4.40 Å². The van der Waals surface area contributed by atoms with Crippen molar-refractivity contribution in [1.29, 1.82) is 0 Å². The van der Waals surface area contributed by atoms with Gasteiger partial charge in [-0.15, -0.1) is 0 Å². The Balaban J connectivity index is 1.50. The Hall–Kier alpha value is -2.94. The molecular formula is C18H19N5O3S. The first-order valence-corrected chi connectivity index (χ1v) is 9.68. The summed E-state index contributed by atoms with van der Waals surface area (Å²) in [4.78, 5) is 16.4. The van der Waals surface area contributed by atoms with E-state index in [0.29, 0.717) is 29.2 Å². The second kappa shape index (κ2) is 6.99. The molecule has 0 saturated heterocycles. The topological polar surface area (TPSA) is 119 Å². The van der Waals surface area contributed by atoms with Crippen LogP contribution in [-0.4, -0.2) is 33.1 Å². The predicted octanol–water partition coefficient (Wildman–Crippen LogP) is 1.52. The summed E-state index contributed by atoms with van der Waals surface area (Å²) in [6.07, 6.45) is 5.88. The van der Waals surface area contributed by atoms with Crippen LogP contribution in [0, 0.1) is 0 Å². The van der Waals surface area contributed by atoms with Gasteiger partial charge in [0.2, 0.25) is 11.2 Å². The van der Waals surface area contributed by atoms with Crippen molar-refractivity contribution in [2.45, 2.75) is 24.8 Å². The molecule has 1 aromatic heterocycles. The molecule has 4 N–H and O–H groups in total. The summed E-state index contributed by atoms with van der Waals surface area (Å²) in [5, 5.41) is 3.10. The molecule has 1 aliphatic carbocycles. The number of carbonyl (C=O) groups is 1. The second-order valence-electron chi connectivity index (χ2n) is 6.62. The van der Waals surface area contributed by atoms with E-state index in [0.717, 1.165) is 19.3 Å². The van der Waals surface area contributed by atoms with Crippen LogP contribution in [0.1, 0.15) is 35.2 Å². The number of amidine groups is 1. The number of amides is 1. The van der Waals surface area contributed by atoms with Crippen LogP contribution in [0.4, 0.5) is 5.69 Å². The molecule has 1 unspecified atom stereocenters. The van der Waals surface area contributed by atoms with Crippen LogP contribution in [0.15, 0.2) is 47.1 Å². The Bertz CT molecular complexity index is 928. The first-order valence-electron chi connectivity index (χ1n) is 8.58. The van der Waals surface area contributed by atoms with Crippen LogP contribution >= 0.6 is 0 Å². The number of rotatable bonds is 5. The summed E-state index contributed by atoms with van der Waals surface area (Å²) < 4.78 is 24.3. The molecular weight excluding hydrogens is 366 g/mol. The zero-order valence-corrected chi connectivity index (χ0v) is 15.3. The van der Waals surface area contributed by atoms with E-state index in [1.165, 1.54) is 0 Å². The molecule has 9 heteroatoms. The third-order valence-electron chi connectivity index (χ3n) is 4.80. The number of carbonyl (C=O) groups excluding carboxylic acids is 1. The lowest BCUT2D eigenvalue weighted by atomic mass is 9.77. The van der Waals surface area contributed by atoms with Gasteiger partial charge in [0, 0.05) is 18.0 Å². The molecule has 1 atom stereocenters. The Kier molecular flexibility index (Phi) is 4.53. The van der Waals surface area contributed by atoms with Crippen molar-refractivity contribution in [1.82, 2.24) is 10.3 Å². The van der Waals surface area contributed by atoms with E-state index in [1.54, 1.807) is 42.7 Å². The van der Waals surface area contributed by atoms with Crippen LogP contribution in [0.5, 0.6) is 5.75 Å². The first kappa shape index (κ1) is 17.5. The fourth-order valence-corrected chi connectivity index (χ4v) is 3.87. The number of nitrogens with one attached hydrogen (secondary N) is 2. The van der Waals surface area contributed by atoms with Gasteiger partial charge in [-0.25, -0.2) is 4.21 Å². The summed E-state index contributed by atoms with van der Waals surface area (Å²) in [5.41, 5.74) is 7.29. The van der Waals surface area contributed by atoms with Gasteiger partial charge in [0.25, 0.3) is 5.91 Å². The van der Waals surface area contributed by atoms with Gasteiger partial charge in [-0.05, 0) is 43.5 Å². The average molecular weight is 385 g/mol. The van der Waals surface area contributed by atoms with Gasteiger partial charge < -0.3 is 15.8 Å². The van der Waals surface area contributed by atoms with E-state index in [-0.39, 0.29) is 11.7 Å². The minimum atomic E-state index is -1.59. The van der Waals surface area contributed by atoms with E-state index < -0.39 is 16.7 Å². The number of aromatic nitrogens is 1. The van der Waals surface area contributed by atoms with Crippen LogP contribution in [-0.2, 0) is 11.2 Å². The summed E-state index contributed by atoms with van der Waals surface area (Å²) in [6, 6.07) is 8.71. The van der Waals surface area contributed by atoms with Crippen molar-refractivity contribution in [3.63, 3.8) is 0 Å². The molecule has 1 saturated carbocycles. The van der Waals surface area contributed by atoms with Gasteiger partial charge in [-0.3, -0.25) is 14.5 Å². The minimum Gasteiger partial charge on any atom is -0.490 e. The SMILES string of the molecule is NC1=NS(=O)Nc2cccc(OCC3(NC(=O)c4ccncc4)CCC3)c21. The highest BCUT2D eigenvalue weighted by atomic mass is 32.2. The predicted molar refractivity (Wildman–Crippen MR) is 103 cm³/mol. The Labute approximate surface area is 159 Å². The lowest BCUT2D eigenvalue weighted by Gasteiger charge is -2.42. The smallest absolute Gasteiger partial charge is 0.251 e. The minimum absolute atomic E-state index is 0.145. The lowest BCUT2D eigenvalue weighted by Crippen LogP contribution is -2.57. The van der Waals surface area contributed by atoms with Crippen molar-refractivity contribution >= 4 is 28.6 Å². The van der Waals surface area contributed by atoms with Crippen LogP contribution < -0.4 is 20.5 Å². The number of nitrogens with two attached hydrogens (primary N) is 1. The molecule has 1 aliphatic heterocycles. The molecule has 1 fully saturated rings. The number of ether oxygens (including phenoxy) is 1. The third-order valence-corrected chi connectivity index (χ3v) is 5.55. The molecule has 2 aromatic rings. The number of anilines is 1. The fourth-order valence-electron chi connectivity index (χ4n) is 3.19. The number of nitrogens with zero attached hydrogens (tertiary/aromatic N) is 2. The molecule has 2 heterocycles. The first-order chi connectivity index (χ1) is 13.1. The highest BCUT2D eigenvalue weighted by molar-refractivity contribution is 7.85. The highest BCUT2D eigenvalue weighted by Gasteiger charge is 2.40. The normalized spacial score (nSPS) is 19.7. The maximum atomic E-state index is 12.5. The number of benzene rings is 1. The summed E-state index contributed by atoms with van der Waals surface area (Å²) in [5.74, 6) is 0.567. The van der Waals surface area contributed by atoms with Crippen LogP contribution in [0.3, 0.4) is 0 Å². The zero-order chi connectivity index (χ0) is 18.9. The monoisotopic (exact) mass is 385 g/mol. The maximum Gasteiger partial charge on any atom is 0.251 e. The standard InChI is InChI=1S/C18H19N5O3S/c19-16-15-13(22-27(25)23-16)3-1-4-14(15)26-11-18(7-2-8-18)21-17(24)12-5-9-20-10-6-12/h1,3-6,9-10,22H,2,7-8,11H2,(H2,19,23)(H,21,24). The molecule has 0 spiro atoms. The van der Waals surface area contributed by atoms with Crippen molar-refractivity contribution in [2.24, 2.45) is 10.1 Å². The fraction of sp³-hybridized carbons (Fsp3) is 0.278. The number of hydrogen-bond acceptors (Lipinski definition) is 5. The van der Waals surface area contributed by atoms with Gasteiger partial charge in [0.05, 0.1) is 16.8 Å². The van der Waals surface area contributed by atoms with Gasteiger partial charge in [0.1, 0.15) is 18.2 Å². The quantitative estimate of drug-likeness (QED) is 0.721. The zero-order valence-electron chi connectivity index (χ0n) is 14.5. The van der Waals surface area contributed by atoms with Gasteiger partial charge >= 0.3 is 0 Å². The van der Waals surface area contributed by atoms with E-state index in [9.17, 15) is 9.00 Å². The van der Waals surface area contributed by atoms with Crippen molar-refractivity contribution in [2.75, 3.05) is 11.3 Å². The molecule has 1 amide bonds. The van der Waals surface area contributed by atoms with Crippen molar-refractivity contribution in [3.8, 4) is 5.75 Å². The Morgan fingerprint density at radius 2 is 2.07 bits per heavy atom. The van der Waals surface area contributed by atoms with Crippen molar-refractivity contribution < 1.29 is 13.7 Å². The maximum absolute atomic E-state index is 12.5. The molecule has 4 rings (SSSR count). The largest absolute Gasteiger partial charge is 0.490 e. The molecule has 2 aliphatic rings. The van der Waals surface area contributed by atoms with E-state index >= 15 is 0 Å². The summed E-state index contributed by atoms with van der Waals surface area (Å²) in [7, 11) is 0. The number of hydrogen-bond donors (Lipinski definition) is 3. The van der Waals surface area contributed by atoms with Crippen molar-refractivity contribution in [3.05, 3.63) is 53.9 Å². The Morgan fingerprint density at radius 3 is 2.78 bits per heavy atom. The molecule has 1 aromatic carbocycles. The Morgan fingerprint density at radius 1 is 1.30 bits per heavy atom. The number of fused-ring (bicyclic) bond motifs is 1. The van der Waals surface area contributed by atoms with Crippen LogP contribution in [0.2, 0.25) is 0 Å². The number of pyridine rings is 1. The average Bonchev–Trinajstić information content (AvgIpc) is 2.63. The molecule has 0 bridgehead atoms. The van der Waals surface area contributed by atoms with E-state index in [1.807, 2.05) is 0 Å². The second-order valence-corrected chi connectivity index (χ2v) is 7.50. The van der Waals surface area contributed by atoms with Gasteiger partial charge in [0.15, 0.2) is 0 Å². The summed E-state index contributed by atoms with van der Waals surface area (Å²) >= 11 is -1.59. The van der Waals surface area contributed by atoms with Gasteiger partial charge in [-0.1, -0.05) is 6.07 Å². The van der Waals surface area contributed by atoms with E-state index in [4.69, 9.17) is 10.5 Å².